The Morgan fingerprint density at radius 1 is 0.929 bits per heavy atom. The Labute approximate surface area is 247 Å². The van der Waals surface area contributed by atoms with E-state index in [0.29, 0.717) is 25.9 Å². The first kappa shape index (κ1) is 29.3. The zero-order valence-electron chi connectivity index (χ0n) is 24.0. The highest BCUT2D eigenvalue weighted by Gasteiger charge is 2.32. The molecule has 5 rings (SSSR count). The lowest BCUT2D eigenvalue weighted by Crippen LogP contribution is -2.50. The average Bonchev–Trinajstić information content (AvgIpc) is 3.32. The summed E-state index contributed by atoms with van der Waals surface area (Å²) in [5, 5.41) is 15.4. The molecule has 3 aromatic carbocycles. The van der Waals surface area contributed by atoms with Crippen LogP contribution in [0.25, 0.3) is 11.1 Å². The molecule has 8 nitrogen and oxygen atoms in total. The third kappa shape index (κ3) is 7.18. The summed E-state index contributed by atoms with van der Waals surface area (Å²) in [6.45, 7) is 1.47. The van der Waals surface area contributed by atoms with Gasteiger partial charge in [0.25, 0.3) is 0 Å². The molecule has 0 heterocycles. The number of benzene rings is 3. The number of nitrogens with one attached hydrogen (secondary N) is 2. The highest BCUT2D eigenvalue weighted by atomic mass is 16.5. The van der Waals surface area contributed by atoms with Gasteiger partial charge in [-0.1, -0.05) is 85.3 Å². The molecule has 220 valence electrons. The number of carbonyl (C=O) groups is 3. The predicted molar refractivity (Wildman–Crippen MR) is 161 cm³/mol. The van der Waals surface area contributed by atoms with Gasteiger partial charge in [-0.2, -0.15) is 0 Å². The SMILES string of the molecule is CN(Cc1ccccc1)CC(NC(=O)C1CCCC(CNC(=O)OCC2c3ccccc3-c3ccccc32)C1)C(=O)O. The summed E-state index contributed by atoms with van der Waals surface area (Å²) >= 11 is 0. The topological polar surface area (TPSA) is 108 Å². The minimum atomic E-state index is -1.05. The second kappa shape index (κ2) is 13.7. The van der Waals surface area contributed by atoms with E-state index in [0.717, 1.165) is 18.4 Å². The molecular formula is C34H39N3O5. The van der Waals surface area contributed by atoms with Crippen LogP contribution in [0.4, 0.5) is 4.79 Å². The number of hydrogen-bond acceptors (Lipinski definition) is 5. The predicted octanol–water partition coefficient (Wildman–Crippen LogP) is 5.03. The largest absolute Gasteiger partial charge is 0.480 e. The molecule has 1 fully saturated rings. The highest BCUT2D eigenvalue weighted by Crippen LogP contribution is 2.44. The normalized spacial score (nSPS) is 18.5. The Kier molecular flexibility index (Phi) is 9.54. The smallest absolute Gasteiger partial charge is 0.407 e. The summed E-state index contributed by atoms with van der Waals surface area (Å²) < 4.78 is 5.66. The summed E-state index contributed by atoms with van der Waals surface area (Å²) in [7, 11) is 1.85. The van der Waals surface area contributed by atoms with E-state index in [4.69, 9.17) is 4.74 Å². The molecule has 2 aliphatic carbocycles. The molecule has 8 heteroatoms. The van der Waals surface area contributed by atoms with Crippen molar-refractivity contribution in [1.29, 1.82) is 0 Å². The van der Waals surface area contributed by atoms with Crippen LogP contribution >= 0.6 is 0 Å². The number of carboxylic acid groups (broad SMARTS) is 1. The van der Waals surface area contributed by atoms with Crippen molar-refractivity contribution in [3.8, 4) is 11.1 Å². The van der Waals surface area contributed by atoms with Crippen LogP contribution in [0.1, 0.15) is 48.3 Å². The third-order valence-electron chi connectivity index (χ3n) is 8.44. The molecule has 2 amide bonds. The molecule has 0 bridgehead atoms. The molecule has 0 aromatic heterocycles. The fraction of sp³-hybridized carbons (Fsp3) is 0.382. The molecule has 3 unspecified atom stereocenters. The van der Waals surface area contributed by atoms with E-state index in [-0.39, 0.29) is 36.8 Å². The van der Waals surface area contributed by atoms with Gasteiger partial charge in [-0.15, -0.1) is 0 Å². The van der Waals surface area contributed by atoms with Crippen molar-refractivity contribution in [2.24, 2.45) is 11.8 Å². The van der Waals surface area contributed by atoms with Gasteiger partial charge in [0.15, 0.2) is 0 Å². The Morgan fingerprint density at radius 3 is 2.24 bits per heavy atom. The monoisotopic (exact) mass is 569 g/mol. The Balaban J connectivity index is 1.08. The van der Waals surface area contributed by atoms with E-state index >= 15 is 0 Å². The lowest BCUT2D eigenvalue weighted by Gasteiger charge is -2.30. The molecule has 0 radical (unpaired) electrons. The van der Waals surface area contributed by atoms with Gasteiger partial charge in [0.2, 0.25) is 5.91 Å². The van der Waals surface area contributed by atoms with Crippen molar-refractivity contribution in [1.82, 2.24) is 15.5 Å². The molecule has 3 aromatic rings. The Morgan fingerprint density at radius 2 is 1.57 bits per heavy atom. The van der Waals surface area contributed by atoms with Crippen LogP contribution in [0.15, 0.2) is 78.9 Å². The van der Waals surface area contributed by atoms with Gasteiger partial charge in [-0.3, -0.25) is 9.69 Å². The van der Waals surface area contributed by atoms with Gasteiger partial charge in [0.05, 0.1) is 0 Å². The summed E-state index contributed by atoms with van der Waals surface area (Å²) in [5.74, 6) is -1.44. The number of alkyl carbamates (subject to hydrolysis) is 1. The number of rotatable bonds is 11. The van der Waals surface area contributed by atoms with Crippen LogP contribution in [-0.2, 0) is 20.9 Å². The molecule has 1 saturated carbocycles. The highest BCUT2D eigenvalue weighted by molar-refractivity contribution is 5.85. The van der Waals surface area contributed by atoms with Crippen LogP contribution < -0.4 is 10.6 Å². The molecule has 0 aliphatic heterocycles. The fourth-order valence-corrected chi connectivity index (χ4v) is 6.34. The Bertz CT molecular complexity index is 1350. The molecule has 3 atom stereocenters. The van der Waals surface area contributed by atoms with Crippen LogP contribution in [0.5, 0.6) is 0 Å². The van der Waals surface area contributed by atoms with Gasteiger partial charge in [-0.25, -0.2) is 9.59 Å². The van der Waals surface area contributed by atoms with E-state index in [1.165, 1.54) is 22.3 Å². The van der Waals surface area contributed by atoms with Crippen molar-refractivity contribution in [2.45, 2.75) is 44.2 Å². The Hall–Kier alpha value is -4.17. The van der Waals surface area contributed by atoms with Crippen molar-refractivity contribution in [3.63, 3.8) is 0 Å². The summed E-state index contributed by atoms with van der Waals surface area (Å²) in [5.41, 5.74) is 5.77. The average molecular weight is 570 g/mol. The maximum Gasteiger partial charge on any atom is 0.407 e. The summed E-state index contributed by atoms with van der Waals surface area (Å²) in [4.78, 5) is 39.6. The number of amides is 2. The molecular weight excluding hydrogens is 530 g/mol. The lowest BCUT2D eigenvalue weighted by molar-refractivity contribution is -0.143. The van der Waals surface area contributed by atoms with Gasteiger partial charge in [0.1, 0.15) is 12.6 Å². The first-order valence-electron chi connectivity index (χ1n) is 14.7. The number of fused-ring (bicyclic) bond motifs is 3. The van der Waals surface area contributed by atoms with Crippen molar-refractivity contribution >= 4 is 18.0 Å². The number of carboxylic acids is 1. The van der Waals surface area contributed by atoms with Crippen LogP contribution in [-0.4, -0.2) is 60.8 Å². The molecule has 42 heavy (non-hydrogen) atoms. The summed E-state index contributed by atoms with van der Waals surface area (Å²) in [6, 6.07) is 25.3. The molecule has 0 saturated heterocycles. The quantitative estimate of drug-likeness (QED) is 0.299. The van der Waals surface area contributed by atoms with E-state index < -0.39 is 18.1 Å². The number of hydrogen-bond donors (Lipinski definition) is 3. The van der Waals surface area contributed by atoms with Crippen LogP contribution in [0.3, 0.4) is 0 Å². The van der Waals surface area contributed by atoms with E-state index in [1.54, 1.807) is 0 Å². The number of carbonyl (C=O) groups excluding carboxylic acids is 2. The van der Waals surface area contributed by atoms with Crippen LogP contribution in [0, 0.1) is 11.8 Å². The molecule has 2 aliphatic rings. The maximum atomic E-state index is 13.1. The first-order chi connectivity index (χ1) is 20.4. The lowest BCUT2D eigenvalue weighted by atomic mass is 9.81. The summed E-state index contributed by atoms with van der Waals surface area (Å²) in [6.07, 6.45) is 2.59. The second-order valence-corrected chi connectivity index (χ2v) is 11.5. The van der Waals surface area contributed by atoms with Gasteiger partial charge in [0, 0.05) is 31.5 Å². The van der Waals surface area contributed by atoms with Crippen molar-refractivity contribution in [3.05, 3.63) is 95.6 Å². The van der Waals surface area contributed by atoms with E-state index in [9.17, 15) is 19.5 Å². The molecule has 3 N–H and O–H groups in total. The number of nitrogens with zero attached hydrogens (tertiary/aromatic N) is 1. The number of aliphatic carboxylic acids is 1. The number of likely N-dealkylation sites (N-methyl/N-ethyl adjacent to an activating group) is 1. The van der Waals surface area contributed by atoms with Crippen LogP contribution in [0.2, 0.25) is 0 Å². The number of ether oxygens (including phenoxy) is 1. The zero-order valence-corrected chi connectivity index (χ0v) is 24.0. The van der Waals surface area contributed by atoms with E-state index in [2.05, 4.69) is 34.9 Å². The van der Waals surface area contributed by atoms with Crippen molar-refractivity contribution < 1.29 is 24.2 Å². The van der Waals surface area contributed by atoms with E-state index in [1.807, 2.05) is 66.5 Å². The first-order valence-corrected chi connectivity index (χ1v) is 14.7. The minimum Gasteiger partial charge on any atom is -0.480 e. The van der Waals surface area contributed by atoms with Gasteiger partial charge >= 0.3 is 12.1 Å². The fourth-order valence-electron chi connectivity index (χ4n) is 6.34. The molecule has 0 spiro atoms. The maximum absolute atomic E-state index is 13.1. The standard InChI is InChI=1S/C34H39N3O5/c1-37(20-23-10-3-2-4-11-23)21-31(33(39)40)36-32(38)25-13-9-12-24(18-25)19-35-34(41)42-22-30-28-16-7-5-14-26(28)27-15-6-8-17-29(27)30/h2-8,10-11,14-17,24-25,30-31H,9,12-13,18-22H2,1H3,(H,35,41)(H,36,38)(H,39,40). The third-order valence-corrected chi connectivity index (χ3v) is 8.44. The minimum absolute atomic E-state index is 0.000161. The van der Waals surface area contributed by atoms with Gasteiger partial charge in [-0.05, 0) is 60.0 Å². The van der Waals surface area contributed by atoms with Crippen molar-refractivity contribution in [2.75, 3.05) is 26.7 Å². The zero-order chi connectivity index (χ0) is 29.5. The van der Waals surface area contributed by atoms with Gasteiger partial charge < -0.3 is 20.5 Å². The second-order valence-electron chi connectivity index (χ2n) is 11.5.